The SMILES string of the molecule is C=C(Cl)/C=C\C=C(/F)C1CCNC1C(=O)Nc1cccc(Cl)c1.CO. The van der Waals surface area contributed by atoms with E-state index in [0.717, 1.165) is 7.11 Å². The van der Waals surface area contributed by atoms with Crippen LogP contribution >= 0.6 is 23.2 Å². The minimum Gasteiger partial charge on any atom is -0.400 e. The fraction of sp³-hybridized carbons (Fsp3) is 0.278. The Hall–Kier alpha value is -1.66. The summed E-state index contributed by atoms with van der Waals surface area (Å²) in [4.78, 5) is 12.4. The third-order valence-corrected chi connectivity index (χ3v) is 3.84. The molecule has 7 heteroatoms. The van der Waals surface area contributed by atoms with Gasteiger partial charge in [-0.05, 0) is 43.3 Å². The Morgan fingerprint density at radius 1 is 1.48 bits per heavy atom. The number of carbonyl (C=O) groups excluding carboxylic acids is 1. The lowest BCUT2D eigenvalue weighted by Gasteiger charge is -2.17. The number of benzene rings is 1. The summed E-state index contributed by atoms with van der Waals surface area (Å²) in [6.07, 6.45) is 4.83. The van der Waals surface area contributed by atoms with Crippen LogP contribution in [0.2, 0.25) is 5.02 Å². The number of nitrogens with one attached hydrogen (secondary N) is 2. The Labute approximate surface area is 157 Å². The summed E-state index contributed by atoms with van der Waals surface area (Å²) in [5.74, 6) is -1.16. The molecule has 1 heterocycles. The van der Waals surface area contributed by atoms with Crippen molar-refractivity contribution in [2.45, 2.75) is 12.5 Å². The molecule has 3 N–H and O–H groups in total. The van der Waals surface area contributed by atoms with Gasteiger partial charge in [0.05, 0.1) is 6.04 Å². The maximum atomic E-state index is 14.3. The number of hydrogen-bond donors (Lipinski definition) is 3. The number of aliphatic hydroxyl groups excluding tert-OH is 1. The Bertz CT molecular complexity index is 662. The zero-order valence-electron chi connectivity index (χ0n) is 13.8. The molecule has 2 rings (SSSR count). The molecular formula is C18H21Cl2FN2O2. The average Bonchev–Trinajstić information content (AvgIpc) is 3.06. The van der Waals surface area contributed by atoms with E-state index in [0.29, 0.717) is 28.7 Å². The van der Waals surface area contributed by atoms with Crippen molar-refractivity contribution in [2.75, 3.05) is 19.0 Å². The molecular weight excluding hydrogens is 366 g/mol. The normalized spacial score (nSPS) is 20.1. The van der Waals surface area contributed by atoms with Gasteiger partial charge in [-0.2, -0.15) is 0 Å². The van der Waals surface area contributed by atoms with E-state index in [2.05, 4.69) is 17.2 Å². The summed E-state index contributed by atoms with van der Waals surface area (Å²) >= 11 is 11.5. The van der Waals surface area contributed by atoms with Gasteiger partial charge in [-0.25, -0.2) is 4.39 Å². The molecule has 0 saturated carbocycles. The number of hydrogen-bond acceptors (Lipinski definition) is 3. The van der Waals surface area contributed by atoms with Crippen molar-refractivity contribution in [3.63, 3.8) is 0 Å². The average molecular weight is 387 g/mol. The molecule has 1 aromatic carbocycles. The molecule has 0 bridgehead atoms. The topological polar surface area (TPSA) is 61.4 Å². The van der Waals surface area contributed by atoms with Gasteiger partial charge in [-0.1, -0.05) is 41.9 Å². The van der Waals surface area contributed by atoms with Crippen LogP contribution in [0, 0.1) is 5.92 Å². The first-order valence-corrected chi connectivity index (χ1v) is 8.35. The Balaban J connectivity index is 0.00000151. The molecule has 136 valence electrons. The van der Waals surface area contributed by atoms with Gasteiger partial charge in [0, 0.05) is 28.8 Å². The van der Waals surface area contributed by atoms with Crippen LogP contribution in [0.1, 0.15) is 6.42 Å². The van der Waals surface area contributed by atoms with E-state index in [-0.39, 0.29) is 11.7 Å². The van der Waals surface area contributed by atoms with E-state index in [9.17, 15) is 9.18 Å². The molecule has 0 radical (unpaired) electrons. The van der Waals surface area contributed by atoms with Crippen LogP contribution in [-0.2, 0) is 4.79 Å². The van der Waals surface area contributed by atoms with Crippen molar-refractivity contribution in [3.05, 3.63) is 65.0 Å². The summed E-state index contributed by atoms with van der Waals surface area (Å²) in [6.45, 7) is 4.06. The molecule has 0 spiro atoms. The van der Waals surface area contributed by atoms with Crippen molar-refractivity contribution in [2.24, 2.45) is 5.92 Å². The fourth-order valence-corrected chi connectivity index (χ4v) is 2.69. The summed E-state index contributed by atoms with van der Waals surface area (Å²) < 4.78 is 14.3. The van der Waals surface area contributed by atoms with Crippen LogP contribution in [0.3, 0.4) is 0 Å². The van der Waals surface area contributed by atoms with Crippen molar-refractivity contribution in [1.29, 1.82) is 0 Å². The van der Waals surface area contributed by atoms with Gasteiger partial charge < -0.3 is 15.7 Å². The van der Waals surface area contributed by atoms with E-state index in [1.165, 1.54) is 18.2 Å². The van der Waals surface area contributed by atoms with Crippen LogP contribution in [0.4, 0.5) is 10.1 Å². The van der Waals surface area contributed by atoms with E-state index < -0.39 is 12.0 Å². The van der Waals surface area contributed by atoms with E-state index in [1.54, 1.807) is 24.3 Å². The highest BCUT2D eigenvalue weighted by atomic mass is 35.5. The van der Waals surface area contributed by atoms with Gasteiger partial charge in [0.25, 0.3) is 0 Å². The second kappa shape index (κ2) is 11.1. The molecule has 1 saturated heterocycles. The van der Waals surface area contributed by atoms with Gasteiger partial charge >= 0.3 is 0 Å². The molecule has 0 aliphatic carbocycles. The van der Waals surface area contributed by atoms with Gasteiger partial charge in [-0.3, -0.25) is 4.79 Å². The summed E-state index contributed by atoms with van der Waals surface area (Å²) in [7, 11) is 1.00. The molecule has 1 aliphatic heterocycles. The number of allylic oxidation sites excluding steroid dienone is 4. The van der Waals surface area contributed by atoms with Crippen molar-refractivity contribution >= 4 is 34.8 Å². The third kappa shape index (κ3) is 7.00. The molecule has 25 heavy (non-hydrogen) atoms. The first-order valence-electron chi connectivity index (χ1n) is 7.60. The standard InChI is InChI=1S/C17H17Cl2FN2O.CH4O/c1-11(18)4-2-7-15(20)14-8-9-21-16(14)17(23)22-13-6-3-5-12(19)10-13;1-2/h2-7,10,14,16,21H,1,8-9H2,(H,22,23);2H,1H3/b4-2-,15-7-;. The minimum absolute atomic E-state index is 0.288. The Kier molecular flexibility index (Phi) is 9.45. The molecule has 4 nitrogen and oxygen atoms in total. The maximum Gasteiger partial charge on any atom is 0.242 e. The van der Waals surface area contributed by atoms with Gasteiger partial charge in [0.15, 0.2) is 0 Å². The van der Waals surface area contributed by atoms with Gasteiger partial charge in [-0.15, -0.1) is 0 Å². The maximum absolute atomic E-state index is 14.3. The summed E-state index contributed by atoms with van der Waals surface area (Å²) in [6, 6.07) is 6.20. The number of halogens is 3. The summed E-state index contributed by atoms with van der Waals surface area (Å²) in [5.41, 5.74) is 0.581. The second-order valence-electron chi connectivity index (χ2n) is 5.18. The molecule has 2 unspecified atom stereocenters. The third-order valence-electron chi connectivity index (χ3n) is 3.48. The highest BCUT2D eigenvalue weighted by Crippen LogP contribution is 2.26. The van der Waals surface area contributed by atoms with Crippen LogP contribution in [-0.4, -0.2) is 30.7 Å². The summed E-state index contributed by atoms with van der Waals surface area (Å²) in [5, 5.41) is 13.6. The molecule has 1 aromatic rings. The predicted octanol–water partition coefficient (Wildman–Crippen LogP) is 4.03. The zero-order valence-corrected chi connectivity index (χ0v) is 15.3. The smallest absolute Gasteiger partial charge is 0.242 e. The molecule has 1 aliphatic rings. The molecule has 2 atom stereocenters. The largest absolute Gasteiger partial charge is 0.400 e. The molecule has 1 fully saturated rings. The van der Waals surface area contributed by atoms with Gasteiger partial charge in [0.2, 0.25) is 5.91 Å². The fourth-order valence-electron chi connectivity index (χ4n) is 2.43. The number of carbonyl (C=O) groups is 1. The van der Waals surface area contributed by atoms with E-state index in [4.69, 9.17) is 28.3 Å². The van der Waals surface area contributed by atoms with Gasteiger partial charge in [0.1, 0.15) is 5.83 Å². The first-order chi connectivity index (χ1) is 12.0. The van der Waals surface area contributed by atoms with Crippen molar-refractivity contribution in [3.8, 4) is 0 Å². The lowest BCUT2D eigenvalue weighted by atomic mass is 9.98. The van der Waals surface area contributed by atoms with Crippen molar-refractivity contribution in [1.82, 2.24) is 5.32 Å². The van der Waals surface area contributed by atoms with Crippen LogP contribution in [0.15, 0.2) is 59.9 Å². The zero-order chi connectivity index (χ0) is 18.8. The molecule has 0 aromatic heterocycles. The van der Waals surface area contributed by atoms with E-state index >= 15 is 0 Å². The van der Waals surface area contributed by atoms with Crippen LogP contribution in [0.5, 0.6) is 0 Å². The van der Waals surface area contributed by atoms with E-state index in [1.807, 2.05) is 0 Å². The predicted molar refractivity (Wildman–Crippen MR) is 101 cm³/mol. The Morgan fingerprint density at radius 2 is 2.20 bits per heavy atom. The number of amides is 1. The quantitative estimate of drug-likeness (QED) is 0.669. The number of anilines is 1. The monoisotopic (exact) mass is 386 g/mol. The Morgan fingerprint density at radius 3 is 2.84 bits per heavy atom. The highest BCUT2D eigenvalue weighted by Gasteiger charge is 2.35. The van der Waals surface area contributed by atoms with Crippen LogP contribution in [0.25, 0.3) is 0 Å². The lowest BCUT2D eigenvalue weighted by Crippen LogP contribution is -2.40. The second-order valence-corrected chi connectivity index (χ2v) is 6.11. The number of aliphatic hydroxyl groups is 1. The highest BCUT2D eigenvalue weighted by molar-refractivity contribution is 6.31. The first kappa shape index (κ1) is 21.4. The minimum atomic E-state index is -0.627. The van der Waals surface area contributed by atoms with Crippen LogP contribution < -0.4 is 10.6 Å². The number of rotatable bonds is 5. The lowest BCUT2D eigenvalue weighted by molar-refractivity contribution is -0.118. The van der Waals surface area contributed by atoms with Crippen molar-refractivity contribution < 1.29 is 14.3 Å². The molecule has 1 amide bonds.